The summed E-state index contributed by atoms with van der Waals surface area (Å²) >= 11 is 0. The number of likely N-dealkylation sites (tertiary alicyclic amines) is 1. The Morgan fingerprint density at radius 1 is 1.36 bits per heavy atom. The molecule has 122 valence electrons. The average Bonchev–Trinajstić information content (AvgIpc) is 2.95. The van der Waals surface area contributed by atoms with Crippen molar-refractivity contribution in [2.24, 2.45) is 5.41 Å². The molecule has 0 saturated carbocycles. The zero-order valence-electron chi connectivity index (χ0n) is 13.5. The minimum Gasteiger partial charge on any atom is -0.381 e. The lowest BCUT2D eigenvalue weighted by molar-refractivity contribution is -0.0146. The Morgan fingerprint density at radius 3 is 2.64 bits per heavy atom. The number of ether oxygens (including phenoxy) is 1. The van der Waals surface area contributed by atoms with E-state index in [-0.39, 0.29) is 12.1 Å². The molecule has 1 unspecified atom stereocenters. The molecule has 2 N–H and O–H groups in total. The van der Waals surface area contributed by atoms with Crippen LogP contribution in [0.5, 0.6) is 0 Å². The molecule has 1 aromatic heterocycles. The predicted octanol–water partition coefficient (Wildman–Crippen LogP) is 2.38. The molecular formula is C16H26N4O2. The van der Waals surface area contributed by atoms with Gasteiger partial charge < -0.3 is 19.9 Å². The van der Waals surface area contributed by atoms with Crippen molar-refractivity contribution in [1.82, 2.24) is 20.2 Å². The molecule has 2 aliphatic rings. The van der Waals surface area contributed by atoms with E-state index in [4.69, 9.17) is 4.74 Å². The van der Waals surface area contributed by atoms with Gasteiger partial charge in [-0.25, -0.2) is 9.78 Å². The number of carbonyl (C=O) groups is 1. The van der Waals surface area contributed by atoms with Gasteiger partial charge in [0.2, 0.25) is 0 Å². The smallest absolute Gasteiger partial charge is 0.317 e. The van der Waals surface area contributed by atoms with Gasteiger partial charge in [-0.1, -0.05) is 0 Å². The average molecular weight is 306 g/mol. The van der Waals surface area contributed by atoms with Gasteiger partial charge in [-0.05, 0) is 44.9 Å². The number of hydrogen-bond acceptors (Lipinski definition) is 3. The SMILES string of the molecule is Cc1cnc(C(C)NC(=O)N2CCC3(CCOCC3)CC2)[nH]1. The molecule has 2 amide bonds. The van der Waals surface area contributed by atoms with E-state index >= 15 is 0 Å². The first-order valence-corrected chi connectivity index (χ1v) is 8.23. The molecule has 0 aromatic carbocycles. The maximum Gasteiger partial charge on any atom is 0.317 e. The Bertz CT molecular complexity index is 512. The van der Waals surface area contributed by atoms with Crippen molar-refractivity contribution in [1.29, 1.82) is 0 Å². The Balaban J connectivity index is 1.51. The van der Waals surface area contributed by atoms with Gasteiger partial charge in [0.1, 0.15) is 5.82 Å². The van der Waals surface area contributed by atoms with Crippen LogP contribution in [-0.4, -0.2) is 47.2 Å². The van der Waals surface area contributed by atoms with E-state index in [1.807, 2.05) is 18.7 Å². The maximum absolute atomic E-state index is 12.4. The summed E-state index contributed by atoms with van der Waals surface area (Å²) in [6.45, 7) is 7.36. The number of nitrogens with zero attached hydrogens (tertiary/aromatic N) is 2. The highest BCUT2D eigenvalue weighted by Crippen LogP contribution is 2.40. The molecule has 3 heterocycles. The predicted molar refractivity (Wildman–Crippen MR) is 83.6 cm³/mol. The van der Waals surface area contributed by atoms with E-state index in [0.29, 0.717) is 5.41 Å². The molecule has 0 aliphatic carbocycles. The molecule has 2 fully saturated rings. The summed E-state index contributed by atoms with van der Waals surface area (Å²) in [5.41, 5.74) is 1.43. The second-order valence-corrected chi connectivity index (χ2v) is 6.72. The first kappa shape index (κ1) is 15.3. The third kappa shape index (κ3) is 3.27. The Hall–Kier alpha value is -1.56. The van der Waals surface area contributed by atoms with E-state index in [0.717, 1.165) is 63.5 Å². The summed E-state index contributed by atoms with van der Waals surface area (Å²) < 4.78 is 5.47. The van der Waals surface area contributed by atoms with E-state index < -0.39 is 0 Å². The Morgan fingerprint density at radius 2 is 2.05 bits per heavy atom. The zero-order valence-corrected chi connectivity index (χ0v) is 13.5. The van der Waals surface area contributed by atoms with Crippen LogP contribution < -0.4 is 5.32 Å². The molecule has 2 saturated heterocycles. The van der Waals surface area contributed by atoms with Gasteiger partial charge in [-0.15, -0.1) is 0 Å². The fourth-order valence-corrected chi connectivity index (χ4v) is 3.49. The molecule has 1 aromatic rings. The van der Waals surface area contributed by atoms with E-state index in [9.17, 15) is 4.79 Å². The third-order valence-electron chi connectivity index (χ3n) is 5.14. The van der Waals surface area contributed by atoms with Gasteiger partial charge in [-0.3, -0.25) is 0 Å². The topological polar surface area (TPSA) is 70.2 Å². The number of rotatable bonds is 2. The normalized spacial score (nSPS) is 22.5. The van der Waals surface area contributed by atoms with Gasteiger partial charge in [0.15, 0.2) is 0 Å². The zero-order chi connectivity index (χ0) is 15.6. The van der Waals surface area contributed by atoms with Crippen molar-refractivity contribution in [2.75, 3.05) is 26.3 Å². The van der Waals surface area contributed by atoms with E-state index in [2.05, 4.69) is 15.3 Å². The quantitative estimate of drug-likeness (QED) is 0.881. The molecular weight excluding hydrogens is 280 g/mol. The summed E-state index contributed by atoms with van der Waals surface area (Å²) in [4.78, 5) is 21.8. The number of aromatic nitrogens is 2. The van der Waals surface area contributed by atoms with Crippen molar-refractivity contribution in [3.05, 3.63) is 17.7 Å². The van der Waals surface area contributed by atoms with Gasteiger partial charge in [0, 0.05) is 38.2 Å². The molecule has 6 heteroatoms. The largest absolute Gasteiger partial charge is 0.381 e. The van der Waals surface area contributed by atoms with E-state index in [1.165, 1.54) is 0 Å². The van der Waals surface area contributed by atoms with Crippen LogP contribution in [0, 0.1) is 12.3 Å². The standard InChI is InChI=1S/C16H26N4O2/c1-12-11-17-14(18-12)13(2)19-15(21)20-7-3-16(4-8-20)5-9-22-10-6-16/h11,13H,3-10H2,1-2H3,(H,17,18)(H,19,21). The van der Waals surface area contributed by atoms with Crippen molar-refractivity contribution in [3.63, 3.8) is 0 Å². The summed E-state index contributed by atoms with van der Waals surface area (Å²) in [6.07, 6.45) is 6.26. The third-order valence-corrected chi connectivity index (χ3v) is 5.14. The molecule has 2 aliphatic heterocycles. The molecule has 6 nitrogen and oxygen atoms in total. The number of imidazole rings is 1. The van der Waals surface area contributed by atoms with Crippen LogP contribution in [0.1, 0.15) is 50.2 Å². The van der Waals surface area contributed by atoms with Gasteiger partial charge in [0.05, 0.1) is 6.04 Å². The minimum absolute atomic E-state index is 0.0171. The Labute approximate surface area is 131 Å². The minimum atomic E-state index is -0.0971. The highest BCUT2D eigenvalue weighted by atomic mass is 16.5. The fraction of sp³-hybridized carbons (Fsp3) is 0.750. The van der Waals surface area contributed by atoms with Gasteiger partial charge in [-0.2, -0.15) is 0 Å². The number of amides is 2. The lowest BCUT2D eigenvalue weighted by Crippen LogP contribution is -2.49. The fourth-order valence-electron chi connectivity index (χ4n) is 3.49. The highest BCUT2D eigenvalue weighted by Gasteiger charge is 2.37. The molecule has 1 atom stereocenters. The van der Waals surface area contributed by atoms with Crippen LogP contribution >= 0.6 is 0 Å². The van der Waals surface area contributed by atoms with Crippen LogP contribution in [0.25, 0.3) is 0 Å². The van der Waals surface area contributed by atoms with Gasteiger partial charge >= 0.3 is 6.03 Å². The monoisotopic (exact) mass is 306 g/mol. The summed E-state index contributed by atoms with van der Waals surface area (Å²) in [5.74, 6) is 0.809. The number of aryl methyl sites for hydroxylation is 1. The highest BCUT2D eigenvalue weighted by molar-refractivity contribution is 5.74. The lowest BCUT2D eigenvalue weighted by Gasteiger charge is -2.44. The van der Waals surface area contributed by atoms with Crippen molar-refractivity contribution < 1.29 is 9.53 Å². The maximum atomic E-state index is 12.4. The van der Waals surface area contributed by atoms with Crippen LogP contribution in [0.3, 0.4) is 0 Å². The van der Waals surface area contributed by atoms with Gasteiger partial charge in [0.25, 0.3) is 0 Å². The van der Waals surface area contributed by atoms with Crippen LogP contribution in [-0.2, 0) is 4.74 Å². The van der Waals surface area contributed by atoms with Crippen LogP contribution in [0.15, 0.2) is 6.20 Å². The lowest BCUT2D eigenvalue weighted by atomic mass is 9.72. The molecule has 3 rings (SSSR count). The second-order valence-electron chi connectivity index (χ2n) is 6.72. The molecule has 0 radical (unpaired) electrons. The number of carbonyl (C=O) groups excluding carboxylic acids is 1. The summed E-state index contributed by atoms with van der Waals surface area (Å²) in [5, 5.41) is 3.04. The summed E-state index contributed by atoms with van der Waals surface area (Å²) in [7, 11) is 0. The van der Waals surface area contributed by atoms with Crippen molar-refractivity contribution in [2.45, 2.75) is 45.6 Å². The summed E-state index contributed by atoms with van der Waals surface area (Å²) in [6, 6.07) is -0.0800. The van der Waals surface area contributed by atoms with Crippen LogP contribution in [0.2, 0.25) is 0 Å². The number of nitrogens with one attached hydrogen (secondary N) is 2. The number of piperidine rings is 1. The van der Waals surface area contributed by atoms with Crippen LogP contribution in [0.4, 0.5) is 4.79 Å². The second kappa shape index (κ2) is 6.28. The van der Waals surface area contributed by atoms with E-state index in [1.54, 1.807) is 6.20 Å². The Kier molecular flexibility index (Phi) is 4.38. The number of H-pyrrole nitrogens is 1. The first-order valence-electron chi connectivity index (χ1n) is 8.23. The first-order chi connectivity index (χ1) is 10.6. The van der Waals surface area contributed by atoms with Crippen molar-refractivity contribution >= 4 is 6.03 Å². The molecule has 22 heavy (non-hydrogen) atoms. The molecule has 1 spiro atoms. The molecule has 0 bridgehead atoms. The number of urea groups is 1. The van der Waals surface area contributed by atoms with Crippen molar-refractivity contribution in [3.8, 4) is 0 Å². The number of hydrogen-bond donors (Lipinski definition) is 2. The number of aromatic amines is 1.